The second-order valence-corrected chi connectivity index (χ2v) is 7.39. The highest BCUT2D eigenvalue weighted by atomic mass is 16.5. The fourth-order valence-corrected chi connectivity index (χ4v) is 3.12. The van der Waals surface area contributed by atoms with Gasteiger partial charge >= 0.3 is 0 Å². The average Bonchev–Trinajstić information content (AvgIpc) is 3.40. The zero-order valence-electron chi connectivity index (χ0n) is 16.7. The van der Waals surface area contributed by atoms with E-state index in [1.54, 1.807) is 23.9 Å². The van der Waals surface area contributed by atoms with E-state index in [0.717, 1.165) is 29.9 Å². The van der Waals surface area contributed by atoms with E-state index in [9.17, 15) is 5.26 Å². The van der Waals surface area contributed by atoms with Crippen LogP contribution in [0.5, 0.6) is 5.75 Å². The molecule has 1 aliphatic carbocycles. The molecule has 0 saturated heterocycles. The van der Waals surface area contributed by atoms with Gasteiger partial charge in [0.15, 0.2) is 23.1 Å². The second-order valence-electron chi connectivity index (χ2n) is 7.39. The normalized spacial score (nSPS) is 14.3. The predicted octanol–water partition coefficient (Wildman–Crippen LogP) is 2.75. The molecule has 4 rings (SSSR count). The molecule has 0 bridgehead atoms. The van der Waals surface area contributed by atoms with E-state index in [-0.39, 0.29) is 5.41 Å². The predicted molar refractivity (Wildman–Crippen MR) is 107 cm³/mol. The van der Waals surface area contributed by atoms with Gasteiger partial charge in [0.25, 0.3) is 0 Å². The number of aromatic nitrogens is 4. The summed E-state index contributed by atoms with van der Waals surface area (Å²) in [6, 6.07) is 7.66. The van der Waals surface area contributed by atoms with Gasteiger partial charge in [-0.25, -0.2) is 9.50 Å². The molecule has 3 aromatic heterocycles. The maximum absolute atomic E-state index is 9.20. The van der Waals surface area contributed by atoms with E-state index >= 15 is 0 Å². The lowest BCUT2D eigenvalue weighted by Crippen LogP contribution is -2.21. The molecule has 29 heavy (non-hydrogen) atoms. The van der Waals surface area contributed by atoms with E-state index in [4.69, 9.17) is 19.6 Å². The lowest BCUT2D eigenvalue weighted by Gasteiger charge is -2.19. The first kappa shape index (κ1) is 18.7. The summed E-state index contributed by atoms with van der Waals surface area (Å²) < 4.78 is 13.1. The first-order valence-corrected chi connectivity index (χ1v) is 9.26. The first-order chi connectivity index (χ1) is 14.0. The Morgan fingerprint density at radius 1 is 1.34 bits per heavy atom. The number of pyridine rings is 2. The third kappa shape index (κ3) is 3.36. The molecule has 8 nitrogen and oxygen atoms in total. The smallest absolute Gasteiger partial charge is 0.198 e. The lowest BCUT2D eigenvalue weighted by molar-refractivity contribution is 0.122. The van der Waals surface area contributed by atoms with Gasteiger partial charge in [0.2, 0.25) is 0 Å². The summed E-state index contributed by atoms with van der Waals surface area (Å²) in [7, 11) is 5.40. The minimum atomic E-state index is -0.222. The number of rotatable bonds is 7. The van der Waals surface area contributed by atoms with Crippen LogP contribution in [0.4, 0.5) is 0 Å². The van der Waals surface area contributed by atoms with Crippen molar-refractivity contribution in [2.24, 2.45) is 0 Å². The number of ether oxygens (including phenoxy) is 2. The Labute approximate surface area is 169 Å². The van der Waals surface area contributed by atoms with Crippen LogP contribution in [0.1, 0.15) is 24.2 Å². The van der Waals surface area contributed by atoms with Crippen molar-refractivity contribution in [1.29, 1.82) is 5.26 Å². The number of methoxy groups -OCH3 is 1. The monoisotopic (exact) mass is 390 g/mol. The lowest BCUT2D eigenvalue weighted by atomic mass is 10.1. The zero-order valence-corrected chi connectivity index (χ0v) is 16.7. The highest BCUT2D eigenvalue weighted by molar-refractivity contribution is 5.67. The number of hydrogen-bond acceptors (Lipinski definition) is 7. The first-order valence-electron chi connectivity index (χ1n) is 9.26. The van der Waals surface area contributed by atoms with Crippen LogP contribution < -0.4 is 4.74 Å². The minimum absolute atomic E-state index is 0.222. The van der Waals surface area contributed by atoms with Crippen LogP contribution in [0.3, 0.4) is 0 Å². The van der Waals surface area contributed by atoms with Crippen LogP contribution in [0.25, 0.3) is 16.9 Å². The van der Waals surface area contributed by atoms with Crippen molar-refractivity contribution in [3.8, 4) is 23.1 Å². The maximum Gasteiger partial charge on any atom is 0.198 e. The summed E-state index contributed by atoms with van der Waals surface area (Å²) in [6.45, 7) is 4.40. The highest BCUT2D eigenvalue weighted by Gasteiger charge is 2.49. The molecule has 1 aliphatic rings. The van der Waals surface area contributed by atoms with Crippen molar-refractivity contribution < 1.29 is 9.47 Å². The van der Waals surface area contributed by atoms with Crippen molar-refractivity contribution in [3.63, 3.8) is 0 Å². The van der Waals surface area contributed by atoms with Crippen LogP contribution in [0.2, 0.25) is 0 Å². The summed E-state index contributed by atoms with van der Waals surface area (Å²) >= 11 is 0. The van der Waals surface area contributed by atoms with Crippen molar-refractivity contribution in [3.05, 3.63) is 54.4 Å². The zero-order chi connectivity index (χ0) is 20.6. The van der Waals surface area contributed by atoms with E-state index < -0.39 is 0 Å². The molecule has 3 heterocycles. The minimum Gasteiger partial charge on any atom is -0.493 e. The second kappa shape index (κ2) is 7.09. The highest BCUT2D eigenvalue weighted by Crippen LogP contribution is 2.47. The molecular weight excluding hydrogens is 368 g/mol. The topological polar surface area (TPSA) is 88.6 Å². The molecule has 8 heteroatoms. The number of nitrogens with zero attached hydrogens (tertiary/aromatic N) is 6. The summed E-state index contributed by atoms with van der Waals surface area (Å²) in [5, 5.41) is 14.0. The Morgan fingerprint density at radius 3 is 2.79 bits per heavy atom. The Morgan fingerprint density at radius 2 is 2.14 bits per heavy atom. The summed E-state index contributed by atoms with van der Waals surface area (Å²) in [4.78, 5) is 10.8. The average molecular weight is 390 g/mol. The van der Waals surface area contributed by atoms with Crippen molar-refractivity contribution in [2.45, 2.75) is 18.3 Å². The molecule has 0 aromatic carbocycles. The Hall–Kier alpha value is -3.60. The quantitative estimate of drug-likeness (QED) is 0.573. The van der Waals surface area contributed by atoms with Gasteiger partial charge in [-0.2, -0.15) is 5.26 Å². The van der Waals surface area contributed by atoms with Gasteiger partial charge < -0.3 is 14.4 Å². The molecule has 1 saturated carbocycles. The Bertz CT molecular complexity index is 1120. The largest absolute Gasteiger partial charge is 0.493 e. The molecular formula is C21H22N6O2. The van der Waals surface area contributed by atoms with E-state index in [2.05, 4.69) is 17.6 Å². The van der Waals surface area contributed by atoms with Crippen LogP contribution >= 0.6 is 0 Å². The molecule has 0 atom stereocenters. The molecule has 0 spiro atoms. The number of hydrogen-bond donors (Lipinski definition) is 0. The molecule has 0 radical (unpaired) electrons. The van der Waals surface area contributed by atoms with Crippen molar-refractivity contribution in [2.75, 3.05) is 27.8 Å². The fourth-order valence-electron chi connectivity index (χ4n) is 3.12. The Kier molecular flexibility index (Phi) is 4.59. The standard InChI is InChI=1S/C21H22N6O2/c1-14(26(2)3)29-13-21(7-8-21)20-24-19-18(28-4)6-5-17(27(19)25-20)16-9-15(10-22)11-23-12-16/h5-6,9,11-12H,1,7-8,13H2,2-4H3. The SMILES string of the molecule is C=C(OCC1(c2nc3c(OC)ccc(-c4cncc(C#N)c4)n3n2)CC1)N(C)C. The molecule has 0 unspecified atom stereocenters. The van der Waals surface area contributed by atoms with Gasteiger partial charge in [0, 0.05) is 32.1 Å². The van der Waals surface area contributed by atoms with E-state index in [1.165, 1.54) is 6.20 Å². The summed E-state index contributed by atoms with van der Waals surface area (Å²) in [5.74, 6) is 1.96. The summed E-state index contributed by atoms with van der Waals surface area (Å²) in [6.07, 6.45) is 5.15. The van der Waals surface area contributed by atoms with Crippen molar-refractivity contribution in [1.82, 2.24) is 24.5 Å². The van der Waals surface area contributed by atoms with Crippen LogP contribution in [0.15, 0.2) is 43.1 Å². The molecule has 1 fully saturated rings. The van der Waals surface area contributed by atoms with Crippen LogP contribution in [-0.4, -0.2) is 52.3 Å². The molecule has 148 valence electrons. The van der Waals surface area contributed by atoms with Gasteiger partial charge in [-0.3, -0.25) is 4.98 Å². The van der Waals surface area contributed by atoms with Gasteiger partial charge in [-0.1, -0.05) is 0 Å². The molecule has 3 aromatic rings. The molecule has 0 N–H and O–H groups in total. The van der Waals surface area contributed by atoms with Gasteiger partial charge in [0.05, 0.1) is 23.8 Å². The fraction of sp³-hybridized carbons (Fsp3) is 0.333. The van der Waals surface area contributed by atoms with Crippen LogP contribution in [0, 0.1) is 11.3 Å². The van der Waals surface area contributed by atoms with Gasteiger partial charge in [-0.15, -0.1) is 5.10 Å². The van der Waals surface area contributed by atoms with E-state index in [0.29, 0.717) is 29.5 Å². The maximum atomic E-state index is 9.20. The van der Waals surface area contributed by atoms with Gasteiger partial charge in [-0.05, 0) is 37.6 Å². The Balaban J connectivity index is 1.76. The third-order valence-corrected chi connectivity index (χ3v) is 5.17. The third-order valence-electron chi connectivity index (χ3n) is 5.17. The number of nitriles is 1. The van der Waals surface area contributed by atoms with Crippen molar-refractivity contribution >= 4 is 5.65 Å². The number of fused-ring (bicyclic) bond motifs is 1. The van der Waals surface area contributed by atoms with Gasteiger partial charge in [0.1, 0.15) is 12.7 Å². The van der Waals surface area contributed by atoms with E-state index in [1.807, 2.05) is 31.1 Å². The summed E-state index contributed by atoms with van der Waals surface area (Å²) in [5.41, 5.74) is 2.47. The molecule has 0 amide bonds. The molecule has 0 aliphatic heterocycles. The van der Waals surface area contributed by atoms with Crippen LogP contribution in [-0.2, 0) is 10.2 Å².